The summed E-state index contributed by atoms with van der Waals surface area (Å²) in [7, 11) is 0. The monoisotopic (exact) mass is 239 g/mol. The third kappa shape index (κ3) is 5.09. The smallest absolute Gasteiger partial charge is 0.00313 e. The molecule has 0 nitrogen and oxygen atoms in total. The molecule has 0 saturated heterocycles. The molecule has 1 radical (unpaired) electrons. The summed E-state index contributed by atoms with van der Waals surface area (Å²) in [6.07, 6.45) is 6.55. The van der Waals surface area contributed by atoms with Crippen molar-refractivity contribution in [2.75, 3.05) is 5.33 Å². The maximum Gasteiger partial charge on any atom is 0.00313 e. The molecule has 0 aliphatic heterocycles. The van der Waals surface area contributed by atoms with E-state index in [0.29, 0.717) is 0 Å². The highest BCUT2D eigenvalue weighted by atomic mass is 79.9. The molecule has 0 aromatic heterocycles. The van der Waals surface area contributed by atoms with Crippen LogP contribution in [-0.4, -0.2) is 5.33 Å². The number of alkyl halides is 1. The van der Waals surface area contributed by atoms with Crippen molar-refractivity contribution < 1.29 is 0 Å². The summed E-state index contributed by atoms with van der Waals surface area (Å²) in [6, 6.07) is 11.3. The molecule has 0 N–H and O–H groups in total. The Labute approximate surface area is 89.5 Å². The number of hydrogen-bond donors (Lipinski definition) is 0. The van der Waals surface area contributed by atoms with E-state index in [1.165, 1.54) is 37.7 Å². The Morgan fingerprint density at radius 1 is 1.00 bits per heavy atom. The molecule has 0 bridgehead atoms. The molecule has 0 saturated carbocycles. The van der Waals surface area contributed by atoms with E-state index in [0.717, 1.165) is 5.33 Å². The van der Waals surface area contributed by atoms with E-state index in [9.17, 15) is 0 Å². The van der Waals surface area contributed by atoms with Crippen LogP contribution in [-0.2, 0) is 6.42 Å². The fourth-order valence-corrected chi connectivity index (χ4v) is 1.76. The van der Waals surface area contributed by atoms with Crippen LogP contribution >= 0.6 is 15.9 Å². The molecular weight excluding hydrogens is 224 g/mol. The van der Waals surface area contributed by atoms with Crippen LogP contribution in [0.25, 0.3) is 0 Å². The Morgan fingerprint density at radius 2 is 1.69 bits per heavy atom. The minimum atomic E-state index is 1.15. The van der Waals surface area contributed by atoms with Crippen LogP contribution in [0.2, 0.25) is 0 Å². The third-order valence-electron chi connectivity index (χ3n) is 2.14. The Bertz CT molecular complexity index is 206. The Kier molecular flexibility index (Phi) is 5.92. The molecule has 13 heavy (non-hydrogen) atoms. The highest BCUT2D eigenvalue weighted by Crippen LogP contribution is 2.07. The lowest BCUT2D eigenvalue weighted by Crippen LogP contribution is -1.85. The highest BCUT2D eigenvalue weighted by Gasteiger charge is 1.91. The van der Waals surface area contributed by atoms with Gasteiger partial charge >= 0.3 is 0 Å². The molecule has 1 heteroatoms. The summed E-state index contributed by atoms with van der Waals surface area (Å²) >= 11 is 3.44. The van der Waals surface area contributed by atoms with Crippen molar-refractivity contribution in [3.8, 4) is 0 Å². The number of rotatable bonds is 6. The lowest BCUT2D eigenvalue weighted by molar-refractivity contribution is 0.671. The third-order valence-corrected chi connectivity index (χ3v) is 2.70. The van der Waals surface area contributed by atoms with Gasteiger partial charge in [0.15, 0.2) is 0 Å². The van der Waals surface area contributed by atoms with Gasteiger partial charge in [0.1, 0.15) is 0 Å². The van der Waals surface area contributed by atoms with E-state index < -0.39 is 0 Å². The molecule has 1 rings (SSSR count). The second-order valence-electron chi connectivity index (χ2n) is 3.26. The normalized spacial score (nSPS) is 10.2. The molecular formula is C12H16Br. The van der Waals surface area contributed by atoms with Crippen molar-refractivity contribution in [3.05, 3.63) is 35.9 Å². The van der Waals surface area contributed by atoms with Gasteiger partial charge in [0, 0.05) is 5.33 Å². The first-order valence-corrected chi connectivity index (χ1v) is 6.06. The fraction of sp³-hybridized carbons (Fsp3) is 0.500. The zero-order valence-corrected chi connectivity index (χ0v) is 9.52. The Morgan fingerprint density at radius 3 is 2.38 bits per heavy atom. The van der Waals surface area contributed by atoms with Crippen LogP contribution in [0.3, 0.4) is 0 Å². The van der Waals surface area contributed by atoms with Gasteiger partial charge in [0.2, 0.25) is 0 Å². The average molecular weight is 240 g/mol. The van der Waals surface area contributed by atoms with E-state index in [4.69, 9.17) is 0 Å². The Hall–Kier alpha value is -0.300. The minimum absolute atomic E-state index is 1.15. The summed E-state index contributed by atoms with van der Waals surface area (Å²) in [5, 5.41) is 1.15. The maximum absolute atomic E-state index is 3.44. The molecule has 1 aromatic rings. The standard InChI is InChI=1S/C12H16Br/c13-11-7-2-1-4-8-12-9-5-3-6-10-12/h5-6,9-10H,1-2,4,7-8,11H2. The number of benzene rings is 1. The van der Waals surface area contributed by atoms with Crippen LogP contribution < -0.4 is 0 Å². The molecule has 0 spiro atoms. The van der Waals surface area contributed by atoms with Crippen LogP contribution in [0.5, 0.6) is 0 Å². The summed E-state index contributed by atoms with van der Waals surface area (Å²) in [5.41, 5.74) is 1.44. The van der Waals surface area contributed by atoms with E-state index in [1.54, 1.807) is 0 Å². The van der Waals surface area contributed by atoms with Crippen molar-refractivity contribution in [2.45, 2.75) is 32.1 Å². The first-order chi connectivity index (χ1) is 6.43. The van der Waals surface area contributed by atoms with Crippen LogP contribution in [0, 0.1) is 6.07 Å². The zero-order chi connectivity index (χ0) is 9.36. The zero-order valence-electron chi connectivity index (χ0n) is 7.93. The first-order valence-electron chi connectivity index (χ1n) is 4.94. The highest BCUT2D eigenvalue weighted by molar-refractivity contribution is 9.09. The van der Waals surface area contributed by atoms with Crippen LogP contribution in [0.4, 0.5) is 0 Å². The Balaban J connectivity index is 2.07. The van der Waals surface area contributed by atoms with Crippen LogP contribution in [0.1, 0.15) is 31.2 Å². The van der Waals surface area contributed by atoms with Crippen molar-refractivity contribution in [1.29, 1.82) is 0 Å². The molecule has 0 aliphatic carbocycles. The van der Waals surface area contributed by atoms with E-state index in [2.05, 4.69) is 34.1 Å². The molecule has 0 heterocycles. The van der Waals surface area contributed by atoms with Gasteiger partial charge in [-0.1, -0.05) is 53.0 Å². The van der Waals surface area contributed by atoms with Gasteiger partial charge in [0.05, 0.1) is 0 Å². The van der Waals surface area contributed by atoms with Crippen LogP contribution in [0.15, 0.2) is 24.3 Å². The molecule has 0 amide bonds. The topological polar surface area (TPSA) is 0 Å². The van der Waals surface area contributed by atoms with Gasteiger partial charge in [-0.15, -0.1) is 0 Å². The quantitative estimate of drug-likeness (QED) is 0.521. The van der Waals surface area contributed by atoms with Gasteiger partial charge in [-0.25, -0.2) is 0 Å². The molecule has 0 unspecified atom stereocenters. The fourth-order valence-electron chi connectivity index (χ4n) is 1.37. The lowest BCUT2D eigenvalue weighted by atomic mass is 10.1. The molecule has 1 aromatic carbocycles. The van der Waals surface area contributed by atoms with E-state index in [-0.39, 0.29) is 0 Å². The van der Waals surface area contributed by atoms with E-state index >= 15 is 0 Å². The summed E-state index contributed by atoms with van der Waals surface area (Å²) in [4.78, 5) is 0. The van der Waals surface area contributed by atoms with Gasteiger partial charge in [-0.3, -0.25) is 0 Å². The second kappa shape index (κ2) is 7.14. The van der Waals surface area contributed by atoms with Crippen molar-refractivity contribution in [2.24, 2.45) is 0 Å². The molecule has 0 atom stereocenters. The largest absolute Gasteiger partial charge is 0.0928 e. The SMILES string of the molecule is BrCCCCCCc1cc[c]cc1. The molecule has 0 aliphatic rings. The number of hydrogen-bond acceptors (Lipinski definition) is 0. The molecule has 71 valence electrons. The lowest BCUT2D eigenvalue weighted by Gasteiger charge is -2.00. The summed E-state index contributed by atoms with van der Waals surface area (Å²) in [5.74, 6) is 0. The summed E-state index contributed by atoms with van der Waals surface area (Å²) in [6.45, 7) is 0. The molecule has 0 fully saturated rings. The van der Waals surface area contributed by atoms with Crippen molar-refractivity contribution >= 4 is 15.9 Å². The summed E-state index contributed by atoms with van der Waals surface area (Å²) < 4.78 is 0. The van der Waals surface area contributed by atoms with E-state index in [1.807, 2.05) is 12.1 Å². The number of aryl methyl sites for hydroxylation is 1. The van der Waals surface area contributed by atoms with Crippen molar-refractivity contribution in [3.63, 3.8) is 0 Å². The van der Waals surface area contributed by atoms with Gasteiger partial charge < -0.3 is 0 Å². The predicted octanol–water partition coefficient (Wildman–Crippen LogP) is 3.98. The first kappa shape index (κ1) is 10.8. The van der Waals surface area contributed by atoms with Gasteiger partial charge in [-0.2, -0.15) is 0 Å². The van der Waals surface area contributed by atoms with Gasteiger partial charge in [0.25, 0.3) is 0 Å². The minimum Gasteiger partial charge on any atom is -0.0928 e. The average Bonchev–Trinajstić information content (AvgIpc) is 2.19. The second-order valence-corrected chi connectivity index (χ2v) is 4.05. The number of halogens is 1. The van der Waals surface area contributed by atoms with Gasteiger partial charge in [-0.05, 0) is 30.9 Å². The van der Waals surface area contributed by atoms with Crippen molar-refractivity contribution in [1.82, 2.24) is 0 Å². The predicted molar refractivity (Wildman–Crippen MR) is 61.2 cm³/mol. The number of unbranched alkanes of at least 4 members (excludes halogenated alkanes) is 3. The maximum atomic E-state index is 3.44.